The van der Waals surface area contributed by atoms with E-state index in [1.165, 1.54) is 0 Å². The molecule has 0 radical (unpaired) electrons. The van der Waals surface area contributed by atoms with E-state index < -0.39 is 5.97 Å². The van der Waals surface area contributed by atoms with Gasteiger partial charge in [-0.25, -0.2) is 0 Å². The number of carboxylic acid groups (broad SMARTS) is 1. The number of amides is 1. The fourth-order valence-corrected chi connectivity index (χ4v) is 2.25. The molecular formula is C15H16N2O3. The Bertz CT molecular complexity index is 608. The van der Waals surface area contributed by atoms with Crippen LogP contribution in [-0.4, -0.2) is 28.5 Å². The summed E-state index contributed by atoms with van der Waals surface area (Å²) in [5.41, 5.74) is 1.01. The van der Waals surface area contributed by atoms with E-state index in [9.17, 15) is 9.59 Å². The predicted octanol–water partition coefficient (Wildman–Crippen LogP) is 1.76. The molecule has 0 bridgehead atoms. The number of carbonyl (C=O) groups is 2. The van der Waals surface area contributed by atoms with Gasteiger partial charge in [-0.15, -0.1) is 0 Å². The molecule has 104 valence electrons. The molecule has 20 heavy (non-hydrogen) atoms. The van der Waals surface area contributed by atoms with Crippen LogP contribution in [0.1, 0.15) is 18.4 Å². The molecule has 1 unspecified atom stereocenters. The molecule has 2 aromatic rings. The zero-order valence-corrected chi connectivity index (χ0v) is 11.0. The number of aliphatic carboxylic acids is 1. The molecule has 5 nitrogen and oxygen atoms in total. The first kappa shape index (κ1) is 14.0. The number of hydrogen-bond donors (Lipinski definition) is 2. The molecule has 0 aliphatic carbocycles. The summed E-state index contributed by atoms with van der Waals surface area (Å²) < 4.78 is 0. The standard InChI is InChI=1S/C15H16N2O3/c18-10-17-13(5-6-15(19)20)7-12-9-16-8-11-3-1-2-4-14(11)12/h1-4,8-10,13H,5-7H2,(H,17,18)(H,19,20). The van der Waals surface area contributed by atoms with Crippen molar-refractivity contribution in [1.82, 2.24) is 10.3 Å². The topological polar surface area (TPSA) is 79.3 Å². The van der Waals surface area contributed by atoms with Crippen molar-refractivity contribution >= 4 is 23.2 Å². The summed E-state index contributed by atoms with van der Waals surface area (Å²) in [6, 6.07) is 7.67. The number of carbonyl (C=O) groups excluding carboxylic acids is 1. The fourth-order valence-electron chi connectivity index (χ4n) is 2.25. The average Bonchev–Trinajstić information content (AvgIpc) is 2.45. The first-order chi connectivity index (χ1) is 9.70. The zero-order chi connectivity index (χ0) is 14.4. The molecule has 2 rings (SSSR count). The van der Waals surface area contributed by atoms with Gasteiger partial charge in [0.15, 0.2) is 0 Å². The number of rotatable bonds is 7. The minimum absolute atomic E-state index is 0.0314. The molecule has 1 heterocycles. The van der Waals surface area contributed by atoms with Crippen molar-refractivity contribution in [2.45, 2.75) is 25.3 Å². The second-order valence-electron chi connectivity index (χ2n) is 4.64. The van der Waals surface area contributed by atoms with Crippen LogP contribution in [0.15, 0.2) is 36.7 Å². The van der Waals surface area contributed by atoms with Gasteiger partial charge < -0.3 is 10.4 Å². The Kier molecular flexibility index (Phi) is 4.65. The van der Waals surface area contributed by atoms with Crippen molar-refractivity contribution in [1.29, 1.82) is 0 Å². The first-order valence-electron chi connectivity index (χ1n) is 6.44. The number of benzene rings is 1. The molecule has 1 aromatic carbocycles. The summed E-state index contributed by atoms with van der Waals surface area (Å²) in [6.07, 6.45) is 5.17. The quantitative estimate of drug-likeness (QED) is 0.753. The van der Waals surface area contributed by atoms with Gasteiger partial charge in [0.2, 0.25) is 6.41 Å². The third kappa shape index (κ3) is 3.54. The lowest BCUT2D eigenvalue weighted by atomic mass is 9.99. The normalized spacial score (nSPS) is 12.0. The molecular weight excluding hydrogens is 256 g/mol. The third-order valence-electron chi connectivity index (χ3n) is 3.23. The lowest BCUT2D eigenvalue weighted by Gasteiger charge is -2.16. The van der Waals surface area contributed by atoms with Gasteiger partial charge in [-0.05, 0) is 23.8 Å². The Morgan fingerprint density at radius 2 is 2.15 bits per heavy atom. The van der Waals surface area contributed by atoms with E-state index in [2.05, 4.69) is 10.3 Å². The minimum Gasteiger partial charge on any atom is -0.481 e. The van der Waals surface area contributed by atoms with E-state index in [-0.39, 0.29) is 12.5 Å². The van der Waals surface area contributed by atoms with Crippen LogP contribution in [0, 0.1) is 0 Å². The second-order valence-corrected chi connectivity index (χ2v) is 4.64. The van der Waals surface area contributed by atoms with Gasteiger partial charge in [0.1, 0.15) is 0 Å². The Labute approximate surface area is 116 Å². The Balaban J connectivity index is 2.19. The molecule has 0 saturated carbocycles. The Hall–Kier alpha value is -2.43. The molecule has 0 aliphatic rings. The van der Waals surface area contributed by atoms with E-state index in [0.717, 1.165) is 16.3 Å². The van der Waals surface area contributed by atoms with Crippen LogP contribution in [0.5, 0.6) is 0 Å². The summed E-state index contributed by atoms with van der Waals surface area (Å²) in [7, 11) is 0. The van der Waals surface area contributed by atoms with Gasteiger partial charge in [-0.2, -0.15) is 0 Å². The smallest absolute Gasteiger partial charge is 0.303 e. The van der Waals surface area contributed by atoms with E-state index in [1.807, 2.05) is 24.3 Å². The maximum atomic E-state index is 10.6. The monoisotopic (exact) mass is 272 g/mol. The summed E-state index contributed by atoms with van der Waals surface area (Å²) in [4.78, 5) is 25.5. The van der Waals surface area contributed by atoms with E-state index in [0.29, 0.717) is 19.3 Å². The van der Waals surface area contributed by atoms with Crippen molar-refractivity contribution in [3.8, 4) is 0 Å². The number of nitrogens with zero attached hydrogens (tertiary/aromatic N) is 1. The van der Waals surface area contributed by atoms with Crippen molar-refractivity contribution in [3.63, 3.8) is 0 Å². The zero-order valence-electron chi connectivity index (χ0n) is 11.0. The van der Waals surface area contributed by atoms with Crippen molar-refractivity contribution in [2.75, 3.05) is 0 Å². The van der Waals surface area contributed by atoms with E-state index >= 15 is 0 Å². The van der Waals surface area contributed by atoms with Crippen LogP contribution in [-0.2, 0) is 16.0 Å². The lowest BCUT2D eigenvalue weighted by molar-refractivity contribution is -0.137. The van der Waals surface area contributed by atoms with Gasteiger partial charge in [-0.3, -0.25) is 14.6 Å². The molecule has 0 aliphatic heterocycles. The van der Waals surface area contributed by atoms with Gasteiger partial charge in [0, 0.05) is 30.2 Å². The highest BCUT2D eigenvalue weighted by Crippen LogP contribution is 2.19. The molecule has 1 amide bonds. The number of aromatic nitrogens is 1. The fraction of sp³-hybridized carbons (Fsp3) is 0.267. The first-order valence-corrected chi connectivity index (χ1v) is 6.44. The maximum Gasteiger partial charge on any atom is 0.303 e. The van der Waals surface area contributed by atoms with Crippen molar-refractivity contribution in [2.24, 2.45) is 0 Å². The number of hydrogen-bond acceptors (Lipinski definition) is 3. The van der Waals surface area contributed by atoms with E-state index in [4.69, 9.17) is 5.11 Å². The molecule has 0 spiro atoms. The number of fused-ring (bicyclic) bond motifs is 1. The Morgan fingerprint density at radius 1 is 1.35 bits per heavy atom. The van der Waals surface area contributed by atoms with Gasteiger partial charge in [-0.1, -0.05) is 24.3 Å². The third-order valence-corrected chi connectivity index (χ3v) is 3.23. The van der Waals surface area contributed by atoms with Crippen LogP contribution in [0.4, 0.5) is 0 Å². The number of carboxylic acids is 1. The van der Waals surface area contributed by atoms with E-state index in [1.54, 1.807) is 12.4 Å². The average molecular weight is 272 g/mol. The molecule has 5 heteroatoms. The minimum atomic E-state index is -0.862. The summed E-state index contributed by atoms with van der Waals surface area (Å²) in [5.74, 6) is -0.862. The summed E-state index contributed by atoms with van der Waals surface area (Å²) in [5, 5.41) is 13.5. The van der Waals surface area contributed by atoms with Crippen LogP contribution < -0.4 is 5.32 Å². The van der Waals surface area contributed by atoms with Crippen molar-refractivity contribution < 1.29 is 14.7 Å². The highest BCUT2D eigenvalue weighted by atomic mass is 16.4. The molecule has 2 N–H and O–H groups in total. The van der Waals surface area contributed by atoms with Gasteiger partial charge in [0.05, 0.1) is 0 Å². The van der Waals surface area contributed by atoms with Crippen LogP contribution in [0.3, 0.4) is 0 Å². The number of pyridine rings is 1. The molecule has 0 fully saturated rings. The predicted molar refractivity (Wildman–Crippen MR) is 75.3 cm³/mol. The van der Waals surface area contributed by atoms with Gasteiger partial charge >= 0.3 is 5.97 Å². The van der Waals surface area contributed by atoms with Crippen LogP contribution in [0.25, 0.3) is 10.8 Å². The second kappa shape index (κ2) is 6.65. The SMILES string of the molecule is O=CNC(CCC(=O)O)Cc1cncc2ccccc12. The van der Waals surface area contributed by atoms with Crippen molar-refractivity contribution in [3.05, 3.63) is 42.2 Å². The summed E-state index contributed by atoms with van der Waals surface area (Å²) >= 11 is 0. The van der Waals surface area contributed by atoms with Crippen LogP contribution >= 0.6 is 0 Å². The summed E-state index contributed by atoms with van der Waals surface area (Å²) in [6.45, 7) is 0. The lowest BCUT2D eigenvalue weighted by Crippen LogP contribution is -2.30. The largest absolute Gasteiger partial charge is 0.481 e. The Morgan fingerprint density at radius 3 is 2.90 bits per heavy atom. The van der Waals surface area contributed by atoms with Crippen LogP contribution in [0.2, 0.25) is 0 Å². The van der Waals surface area contributed by atoms with Gasteiger partial charge in [0.25, 0.3) is 0 Å². The maximum absolute atomic E-state index is 10.6. The molecule has 1 atom stereocenters. The highest BCUT2D eigenvalue weighted by Gasteiger charge is 2.12. The number of nitrogens with one attached hydrogen (secondary N) is 1. The molecule has 0 saturated heterocycles. The molecule has 1 aromatic heterocycles. The highest BCUT2D eigenvalue weighted by molar-refractivity contribution is 5.84.